The van der Waals surface area contributed by atoms with E-state index in [4.69, 9.17) is 21.5 Å². The second-order valence-electron chi connectivity index (χ2n) is 2.54. The molecular weight excluding hydrogens is 178 g/mol. The van der Waals surface area contributed by atoms with Crippen molar-refractivity contribution in [3.8, 4) is 0 Å². The number of nitrogens with zero attached hydrogens (tertiary/aromatic N) is 1. The van der Waals surface area contributed by atoms with Gasteiger partial charge in [0.1, 0.15) is 4.87 Å². The average molecular weight is 188 g/mol. The number of rotatable bonds is 2. The van der Waals surface area contributed by atoms with E-state index in [-0.39, 0.29) is 0 Å². The molecule has 0 aromatic rings. The molecule has 66 valence electrons. The molecule has 0 aliphatic heterocycles. The molecule has 1 aliphatic rings. The molecule has 12 heavy (non-hydrogen) atoms. The third kappa shape index (κ3) is 2.01. The summed E-state index contributed by atoms with van der Waals surface area (Å²) in [6.07, 6.45) is 7.13. The molecule has 0 fully saturated rings. The Kier molecular flexibility index (Phi) is 2.76. The predicted octanol–water partition coefficient (Wildman–Crippen LogP) is 1.91. The zero-order chi connectivity index (χ0) is 9.03. The van der Waals surface area contributed by atoms with E-state index in [0.29, 0.717) is 6.42 Å². The standard InChI is InChI=1S/C8H10ClNO2/c1-12-7-3-2-4-8(9,5-7)6-10-11/h2-4,6,11H,5H2,1H3. The van der Waals surface area contributed by atoms with Gasteiger partial charge in [0.2, 0.25) is 0 Å². The van der Waals surface area contributed by atoms with Gasteiger partial charge in [0.15, 0.2) is 0 Å². The third-order valence-electron chi connectivity index (χ3n) is 1.64. The maximum absolute atomic E-state index is 8.33. The van der Waals surface area contributed by atoms with Crippen LogP contribution in [0.4, 0.5) is 0 Å². The van der Waals surface area contributed by atoms with Crippen molar-refractivity contribution in [3.05, 3.63) is 24.0 Å². The Hall–Kier alpha value is -0.960. The van der Waals surface area contributed by atoms with Crippen molar-refractivity contribution in [2.75, 3.05) is 7.11 Å². The zero-order valence-corrected chi connectivity index (χ0v) is 7.45. The molecule has 0 spiro atoms. The lowest BCUT2D eigenvalue weighted by atomic mass is 10.00. The highest BCUT2D eigenvalue weighted by atomic mass is 35.5. The summed E-state index contributed by atoms with van der Waals surface area (Å²) in [5.74, 6) is 0.771. The number of hydrogen-bond acceptors (Lipinski definition) is 3. The number of allylic oxidation sites excluding steroid dienone is 4. The highest BCUT2D eigenvalue weighted by Gasteiger charge is 2.26. The number of alkyl halides is 1. The molecule has 0 amide bonds. The van der Waals surface area contributed by atoms with Crippen molar-refractivity contribution >= 4 is 17.8 Å². The van der Waals surface area contributed by atoms with Crippen molar-refractivity contribution in [1.29, 1.82) is 0 Å². The van der Waals surface area contributed by atoms with Gasteiger partial charge >= 0.3 is 0 Å². The van der Waals surface area contributed by atoms with Crippen molar-refractivity contribution in [2.45, 2.75) is 11.3 Å². The summed E-state index contributed by atoms with van der Waals surface area (Å²) in [6, 6.07) is 0. The van der Waals surface area contributed by atoms with Crippen LogP contribution < -0.4 is 0 Å². The molecule has 1 rings (SSSR count). The van der Waals surface area contributed by atoms with Gasteiger partial charge in [-0.2, -0.15) is 0 Å². The second kappa shape index (κ2) is 3.63. The van der Waals surface area contributed by atoms with Gasteiger partial charge in [-0.1, -0.05) is 17.3 Å². The Morgan fingerprint density at radius 3 is 3.17 bits per heavy atom. The third-order valence-corrected chi connectivity index (χ3v) is 1.99. The molecule has 0 bridgehead atoms. The summed E-state index contributed by atoms with van der Waals surface area (Å²) in [4.78, 5) is -0.741. The van der Waals surface area contributed by atoms with Crippen LogP contribution >= 0.6 is 11.6 Å². The zero-order valence-electron chi connectivity index (χ0n) is 6.70. The van der Waals surface area contributed by atoms with E-state index in [2.05, 4.69) is 5.16 Å². The normalized spacial score (nSPS) is 29.0. The van der Waals surface area contributed by atoms with E-state index in [1.54, 1.807) is 19.3 Å². The maximum Gasteiger partial charge on any atom is 0.108 e. The lowest BCUT2D eigenvalue weighted by Gasteiger charge is -2.21. The number of halogens is 1. The first kappa shape index (κ1) is 9.13. The van der Waals surface area contributed by atoms with Crippen LogP contribution in [-0.4, -0.2) is 23.4 Å². The Morgan fingerprint density at radius 1 is 1.83 bits per heavy atom. The molecule has 0 aromatic heterocycles. The van der Waals surface area contributed by atoms with E-state index < -0.39 is 4.87 Å². The number of methoxy groups -OCH3 is 1. The molecular formula is C8H10ClNO2. The lowest BCUT2D eigenvalue weighted by molar-refractivity contribution is 0.273. The molecule has 4 heteroatoms. The summed E-state index contributed by atoms with van der Waals surface area (Å²) < 4.78 is 5.02. The lowest BCUT2D eigenvalue weighted by Crippen LogP contribution is -2.23. The Bertz CT molecular complexity index is 247. The molecule has 1 unspecified atom stereocenters. The Labute approximate surface area is 76.0 Å². The van der Waals surface area contributed by atoms with Crippen LogP contribution in [0.2, 0.25) is 0 Å². The molecule has 0 saturated carbocycles. The summed E-state index contributed by atoms with van der Waals surface area (Å²) >= 11 is 6.03. The van der Waals surface area contributed by atoms with Gasteiger partial charge < -0.3 is 9.94 Å². The van der Waals surface area contributed by atoms with Crippen LogP contribution in [0.3, 0.4) is 0 Å². The smallest absolute Gasteiger partial charge is 0.108 e. The van der Waals surface area contributed by atoms with Crippen molar-refractivity contribution in [2.24, 2.45) is 5.16 Å². The van der Waals surface area contributed by atoms with Crippen molar-refractivity contribution < 1.29 is 9.94 Å². The van der Waals surface area contributed by atoms with Crippen LogP contribution in [0, 0.1) is 0 Å². The molecule has 0 radical (unpaired) electrons. The Morgan fingerprint density at radius 2 is 2.58 bits per heavy atom. The van der Waals surface area contributed by atoms with Gasteiger partial charge in [-0.15, -0.1) is 11.6 Å². The molecule has 1 N–H and O–H groups in total. The first-order valence-electron chi connectivity index (χ1n) is 3.50. The van der Waals surface area contributed by atoms with Gasteiger partial charge in [0.05, 0.1) is 19.1 Å². The first-order chi connectivity index (χ1) is 5.70. The van der Waals surface area contributed by atoms with Gasteiger partial charge in [0.25, 0.3) is 0 Å². The highest BCUT2D eigenvalue weighted by Crippen LogP contribution is 2.27. The fourth-order valence-electron chi connectivity index (χ4n) is 1.03. The minimum atomic E-state index is -0.741. The fourth-order valence-corrected chi connectivity index (χ4v) is 1.27. The van der Waals surface area contributed by atoms with Crippen LogP contribution in [0.15, 0.2) is 29.1 Å². The first-order valence-corrected chi connectivity index (χ1v) is 3.88. The maximum atomic E-state index is 8.33. The minimum absolute atomic E-state index is 0.506. The number of oxime groups is 1. The molecule has 0 heterocycles. The summed E-state index contributed by atoms with van der Waals surface area (Å²) in [7, 11) is 1.58. The second-order valence-corrected chi connectivity index (χ2v) is 3.25. The van der Waals surface area contributed by atoms with Gasteiger partial charge in [0, 0.05) is 6.42 Å². The van der Waals surface area contributed by atoms with E-state index in [9.17, 15) is 0 Å². The van der Waals surface area contributed by atoms with Crippen molar-refractivity contribution in [1.82, 2.24) is 0 Å². The quantitative estimate of drug-likeness (QED) is 0.311. The van der Waals surface area contributed by atoms with E-state index in [1.807, 2.05) is 6.08 Å². The minimum Gasteiger partial charge on any atom is -0.501 e. The molecule has 3 nitrogen and oxygen atoms in total. The van der Waals surface area contributed by atoms with Crippen LogP contribution in [-0.2, 0) is 4.74 Å². The Balaban J connectivity index is 2.75. The van der Waals surface area contributed by atoms with Gasteiger partial charge in [-0.25, -0.2) is 0 Å². The van der Waals surface area contributed by atoms with Crippen LogP contribution in [0.25, 0.3) is 0 Å². The van der Waals surface area contributed by atoms with Gasteiger partial charge in [-0.3, -0.25) is 0 Å². The SMILES string of the molecule is COC1=CC=CC(Cl)(C=NO)C1. The topological polar surface area (TPSA) is 41.8 Å². The number of hydrogen-bond donors (Lipinski definition) is 1. The summed E-state index contributed by atoms with van der Waals surface area (Å²) in [5, 5.41) is 11.2. The van der Waals surface area contributed by atoms with E-state index >= 15 is 0 Å². The fraction of sp³-hybridized carbons (Fsp3) is 0.375. The highest BCUT2D eigenvalue weighted by molar-refractivity contribution is 6.34. The van der Waals surface area contributed by atoms with Crippen LogP contribution in [0.5, 0.6) is 0 Å². The predicted molar refractivity (Wildman–Crippen MR) is 47.7 cm³/mol. The summed E-state index contributed by atoms with van der Waals surface area (Å²) in [6.45, 7) is 0. The van der Waals surface area contributed by atoms with E-state index in [1.165, 1.54) is 6.21 Å². The monoisotopic (exact) mass is 187 g/mol. The molecule has 0 aromatic carbocycles. The largest absolute Gasteiger partial charge is 0.501 e. The number of ether oxygens (including phenoxy) is 1. The van der Waals surface area contributed by atoms with Gasteiger partial charge in [-0.05, 0) is 6.08 Å². The molecule has 1 atom stereocenters. The van der Waals surface area contributed by atoms with Crippen molar-refractivity contribution in [3.63, 3.8) is 0 Å². The average Bonchev–Trinajstić information content (AvgIpc) is 2.04. The van der Waals surface area contributed by atoms with E-state index in [0.717, 1.165) is 5.76 Å². The summed E-state index contributed by atoms with van der Waals surface area (Å²) in [5.41, 5.74) is 0. The van der Waals surface area contributed by atoms with Crippen LogP contribution in [0.1, 0.15) is 6.42 Å². The molecule has 1 aliphatic carbocycles. The molecule has 0 saturated heterocycles.